The van der Waals surface area contributed by atoms with Gasteiger partial charge in [-0.05, 0) is 42.5 Å². The first-order chi connectivity index (χ1) is 11.2. The van der Waals surface area contributed by atoms with Crippen molar-refractivity contribution in [1.29, 1.82) is 0 Å². The lowest BCUT2D eigenvalue weighted by Gasteiger charge is -2.11. The lowest BCUT2D eigenvalue weighted by Crippen LogP contribution is -2.37. The number of amides is 1. The molecule has 2 aromatic rings. The van der Waals surface area contributed by atoms with Crippen LogP contribution in [0.1, 0.15) is 24.0 Å². The van der Waals surface area contributed by atoms with E-state index in [1.165, 1.54) is 5.56 Å². The Morgan fingerprint density at radius 1 is 1.08 bits per heavy atom. The number of carbonyl (C=O) groups is 1. The van der Waals surface area contributed by atoms with Gasteiger partial charge < -0.3 is 15.8 Å². The molecule has 128 valence electrons. The number of benzene rings is 2. The molecular formula is C19H23ClN2O2. The van der Waals surface area contributed by atoms with Crippen molar-refractivity contribution in [2.75, 3.05) is 11.9 Å². The van der Waals surface area contributed by atoms with Crippen LogP contribution < -0.4 is 11.1 Å². The number of carbonyl (C=O) groups excluding carboxylic acids is 1. The number of hydrogen-bond donors (Lipinski definition) is 2. The molecule has 24 heavy (non-hydrogen) atoms. The van der Waals surface area contributed by atoms with E-state index in [9.17, 15) is 4.79 Å². The lowest BCUT2D eigenvalue weighted by molar-refractivity contribution is -0.118. The predicted molar refractivity (Wildman–Crippen MR) is 98.3 cm³/mol. The second kappa shape index (κ2) is 8.29. The molecule has 1 aliphatic carbocycles. The average Bonchev–Trinajstić information content (AvgIpc) is 3.32. The van der Waals surface area contributed by atoms with Crippen molar-refractivity contribution in [2.45, 2.75) is 31.4 Å². The normalized spacial score (nSPS) is 14.5. The van der Waals surface area contributed by atoms with Gasteiger partial charge in [0.2, 0.25) is 5.91 Å². The third-order valence-corrected chi connectivity index (χ3v) is 4.07. The van der Waals surface area contributed by atoms with E-state index in [0.717, 1.165) is 30.5 Å². The molecule has 0 unspecified atom stereocenters. The standard InChI is InChI=1S/C19H22N2O2.ClH/c20-19(10-11-19)18(22)21-17-8-4-7-16(13-17)14-23-12-9-15-5-2-1-3-6-15;/h1-8,13H,9-12,14,20H2,(H,21,22);1H. The molecule has 3 N–H and O–H groups in total. The molecule has 0 saturated heterocycles. The van der Waals surface area contributed by atoms with Gasteiger partial charge in [0.25, 0.3) is 0 Å². The summed E-state index contributed by atoms with van der Waals surface area (Å²) in [5.74, 6) is -0.0976. The van der Waals surface area contributed by atoms with E-state index in [2.05, 4.69) is 17.4 Å². The maximum absolute atomic E-state index is 12.0. The Balaban J connectivity index is 0.00000208. The quantitative estimate of drug-likeness (QED) is 0.756. The van der Waals surface area contributed by atoms with Crippen molar-refractivity contribution in [3.05, 3.63) is 65.7 Å². The van der Waals surface area contributed by atoms with Crippen molar-refractivity contribution in [3.8, 4) is 0 Å². The Morgan fingerprint density at radius 3 is 2.50 bits per heavy atom. The summed E-state index contributed by atoms with van der Waals surface area (Å²) in [5.41, 5.74) is 8.33. The summed E-state index contributed by atoms with van der Waals surface area (Å²) in [6.45, 7) is 1.21. The summed E-state index contributed by atoms with van der Waals surface area (Å²) < 4.78 is 5.73. The topological polar surface area (TPSA) is 64.4 Å². The van der Waals surface area contributed by atoms with Gasteiger partial charge in [0.15, 0.2) is 0 Å². The Labute approximate surface area is 148 Å². The third kappa shape index (κ3) is 5.06. The maximum atomic E-state index is 12.0. The fraction of sp³-hybridized carbons (Fsp3) is 0.316. The molecule has 4 nitrogen and oxygen atoms in total. The van der Waals surface area contributed by atoms with Crippen LogP contribution in [0.25, 0.3) is 0 Å². The summed E-state index contributed by atoms with van der Waals surface area (Å²) in [6, 6.07) is 18.0. The minimum Gasteiger partial charge on any atom is -0.376 e. The van der Waals surface area contributed by atoms with Gasteiger partial charge in [0.05, 0.1) is 18.8 Å². The molecule has 0 atom stereocenters. The average molecular weight is 347 g/mol. The molecule has 1 fully saturated rings. The first-order valence-electron chi connectivity index (χ1n) is 7.97. The fourth-order valence-electron chi connectivity index (χ4n) is 2.38. The van der Waals surface area contributed by atoms with E-state index in [0.29, 0.717) is 13.2 Å². The molecule has 2 aromatic carbocycles. The minimum atomic E-state index is -0.651. The summed E-state index contributed by atoms with van der Waals surface area (Å²) in [6.07, 6.45) is 2.43. The van der Waals surface area contributed by atoms with Gasteiger partial charge in [-0.25, -0.2) is 0 Å². The van der Waals surface area contributed by atoms with Gasteiger partial charge in [0, 0.05) is 5.69 Å². The van der Waals surface area contributed by atoms with Gasteiger partial charge in [0.1, 0.15) is 0 Å². The van der Waals surface area contributed by atoms with E-state index < -0.39 is 5.54 Å². The summed E-state index contributed by atoms with van der Waals surface area (Å²) in [7, 11) is 0. The number of anilines is 1. The molecule has 0 aliphatic heterocycles. The van der Waals surface area contributed by atoms with Crippen LogP contribution in [0.4, 0.5) is 5.69 Å². The Bertz CT molecular complexity index is 672. The summed E-state index contributed by atoms with van der Waals surface area (Å²) in [4.78, 5) is 12.0. The predicted octanol–water partition coefficient (Wildman–Crippen LogP) is 3.30. The molecule has 1 amide bonds. The number of halogens is 1. The van der Waals surface area contributed by atoms with E-state index in [4.69, 9.17) is 10.5 Å². The van der Waals surface area contributed by atoms with Crippen LogP contribution in [0.3, 0.4) is 0 Å². The van der Waals surface area contributed by atoms with Crippen LogP contribution in [0.2, 0.25) is 0 Å². The molecule has 3 rings (SSSR count). The maximum Gasteiger partial charge on any atom is 0.244 e. The van der Waals surface area contributed by atoms with Crippen molar-refractivity contribution in [2.24, 2.45) is 5.73 Å². The van der Waals surface area contributed by atoms with Crippen molar-refractivity contribution in [1.82, 2.24) is 0 Å². The summed E-state index contributed by atoms with van der Waals surface area (Å²) in [5, 5.41) is 2.88. The molecule has 0 aromatic heterocycles. The number of rotatable bonds is 7. The molecule has 1 saturated carbocycles. The highest BCUT2D eigenvalue weighted by Crippen LogP contribution is 2.33. The second-order valence-electron chi connectivity index (χ2n) is 6.10. The molecular weight excluding hydrogens is 324 g/mol. The highest BCUT2D eigenvalue weighted by atomic mass is 35.5. The van der Waals surface area contributed by atoms with E-state index in [1.54, 1.807) is 0 Å². The van der Waals surface area contributed by atoms with E-state index in [-0.39, 0.29) is 18.3 Å². The summed E-state index contributed by atoms with van der Waals surface area (Å²) >= 11 is 0. The minimum absolute atomic E-state index is 0. The number of hydrogen-bond acceptors (Lipinski definition) is 3. The molecule has 5 heteroatoms. The van der Waals surface area contributed by atoms with Crippen LogP contribution in [-0.2, 0) is 22.6 Å². The molecule has 0 radical (unpaired) electrons. The lowest BCUT2D eigenvalue weighted by atomic mass is 10.1. The highest BCUT2D eigenvalue weighted by Gasteiger charge is 2.45. The third-order valence-electron chi connectivity index (χ3n) is 4.07. The molecule has 0 heterocycles. The molecule has 0 bridgehead atoms. The first-order valence-corrected chi connectivity index (χ1v) is 7.97. The van der Waals surface area contributed by atoms with E-state index >= 15 is 0 Å². The second-order valence-corrected chi connectivity index (χ2v) is 6.10. The van der Waals surface area contributed by atoms with Gasteiger partial charge in [-0.3, -0.25) is 4.79 Å². The van der Waals surface area contributed by atoms with Gasteiger partial charge in [-0.2, -0.15) is 0 Å². The van der Waals surface area contributed by atoms with Crippen molar-refractivity contribution < 1.29 is 9.53 Å². The van der Waals surface area contributed by atoms with Crippen LogP contribution in [-0.4, -0.2) is 18.1 Å². The SMILES string of the molecule is Cl.NC1(C(=O)Nc2cccc(COCCc3ccccc3)c2)CC1. The number of ether oxygens (including phenoxy) is 1. The number of nitrogens with one attached hydrogen (secondary N) is 1. The van der Waals surface area contributed by atoms with Crippen LogP contribution >= 0.6 is 12.4 Å². The number of nitrogens with two attached hydrogens (primary N) is 1. The monoisotopic (exact) mass is 346 g/mol. The fourth-order valence-corrected chi connectivity index (χ4v) is 2.38. The first kappa shape index (κ1) is 18.5. The van der Waals surface area contributed by atoms with Crippen LogP contribution in [0.15, 0.2) is 54.6 Å². The molecule has 0 spiro atoms. The van der Waals surface area contributed by atoms with Gasteiger partial charge in [-0.15, -0.1) is 12.4 Å². The van der Waals surface area contributed by atoms with Gasteiger partial charge in [-0.1, -0.05) is 42.5 Å². The highest BCUT2D eigenvalue weighted by molar-refractivity contribution is 6.00. The van der Waals surface area contributed by atoms with E-state index in [1.807, 2.05) is 42.5 Å². The molecule has 1 aliphatic rings. The van der Waals surface area contributed by atoms with Crippen LogP contribution in [0.5, 0.6) is 0 Å². The zero-order valence-electron chi connectivity index (χ0n) is 13.5. The van der Waals surface area contributed by atoms with Crippen LogP contribution in [0, 0.1) is 0 Å². The van der Waals surface area contributed by atoms with Crippen molar-refractivity contribution in [3.63, 3.8) is 0 Å². The Hall–Kier alpha value is -1.88. The largest absolute Gasteiger partial charge is 0.376 e. The smallest absolute Gasteiger partial charge is 0.244 e. The van der Waals surface area contributed by atoms with Gasteiger partial charge >= 0.3 is 0 Å². The zero-order valence-corrected chi connectivity index (χ0v) is 14.4. The van der Waals surface area contributed by atoms with Crippen molar-refractivity contribution >= 4 is 24.0 Å². The zero-order chi connectivity index (χ0) is 16.1. The Kier molecular flexibility index (Phi) is 6.37. The Morgan fingerprint density at radius 2 is 1.79 bits per heavy atom.